The number of halogens is 3. The van der Waals surface area contributed by atoms with E-state index in [-0.39, 0.29) is 0 Å². The zero-order valence-corrected chi connectivity index (χ0v) is 14.1. The molecule has 1 saturated heterocycles. The van der Waals surface area contributed by atoms with E-state index in [9.17, 15) is 18.0 Å². The van der Waals surface area contributed by atoms with Gasteiger partial charge in [0, 0.05) is 31.9 Å². The van der Waals surface area contributed by atoms with Gasteiger partial charge in [0.1, 0.15) is 6.04 Å². The lowest BCUT2D eigenvalue weighted by molar-refractivity contribution is -0.137. The summed E-state index contributed by atoms with van der Waals surface area (Å²) >= 11 is 0. The number of primary amides is 1. The summed E-state index contributed by atoms with van der Waals surface area (Å²) in [5, 5.41) is 0. The number of amides is 1. The first kappa shape index (κ1) is 18.3. The molecule has 0 aliphatic carbocycles. The molecule has 138 valence electrons. The van der Waals surface area contributed by atoms with Crippen LogP contribution in [0.15, 0.2) is 54.6 Å². The Kier molecular flexibility index (Phi) is 5.18. The molecule has 0 bridgehead atoms. The Morgan fingerprint density at radius 3 is 2.00 bits per heavy atom. The summed E-state index contributed by atoms with van der Waals surface area (Å²) in [5.74, 6) is -0.404. The Morgan fingerprint density at radius 2 is 1.50 bits per heavy atom. The van der Waals surface area contributed by atoms with E-state index in [1.54, 1.807) is 0 Å². The van der Waals surface area contributed by atoms with Gasteiger partial charge in [0.15, 0.2) is 0 Å². The van der Waals surface area contributed by atoms with Gasteiger partial charge in [-0.25, -0.2) is 0 Å². The first-order valence-corrected chi connectivity index (χ1v) is 8.37. The van der Waals surface area contributed by atoms with Crippen molar-refractivity contribution in [2.45, 2.75) is 12.2 Å². The van der Waals surface area contributed by atoms with Crippen LogP contribution >= 0.6 is 0 Å². The number of rotatable bonds is 4. The second-order valence-electron chi connectivity index (χ2n) is 6.28. The van der Waals surface area contributed by atoms with Crippen LogP contribution in [0.4, 0.5) is 18.9 Å². The number of piperazine rings is 1. The quantitative estimate of drug-likeness (QED) is 0.908. The van der Waals surface area contributed by atoms with E-state index in [0.29, 0.717) is 26.2 Å². The van der Waals surface area contributed by atoms with Crippen LogP contribution in [0.2, 0.25) is 0 Å². The van der Waals surface area contributed by atoms with Gasteiger partial charge in [0.05, 0.1) is 5.56 Å². The van der Waals surface area contributed by atoms with Crippen molar-refractivity contribution < 1.29 is 18.0 Å². The third-order valence-electron chi connectivity index (χ3n) is 4.62. The number of nitrogens with zero attached hydrogens (tertiary/aromatic N) is 2. The highest BCUT2D eigenvalue weighted by molar-refractivity contribution is 5.81. The molecule has 1 unspecified atom stereocenters. The molecule has 7 heteroatoms. The standard InChI is InChI=1S/C19H20F3N3O/c20-19(21,22)15-6-8-16(9-7-15)24-10-12-25(13-11-24)17(18(23)26)14-4-2-1-3-5-14/h1-9,17H,10-13H2,(H2,23,26). The van der Waals surface area contributed by atoms with E-state index in [1.807, 2.05) is 40.1 Å². The smallest absolute Gasteiger partial charge is 0.369 e. The fourth-order valence-electron chi connectivity index (χ4n) is 3.29. The highest BCUT2D eigenvalue weighted by Gasteiger charge is 2.31. The first-order valence-electron chi connectivity index (χ1n) is 8.37. The number of hydrogen-bond acceptors (Lipinski definition) is 3. The minimum atomic E-state index is -4.33. The van der Waals surface area contributed by atoms with Gasteiger partial charge in [-0.2, -0.15) is 13.2 Å². The van der Waals surface area contributed by atoms with Gasteiger partial charge in [0.2, 0.25) is 5.91 Å². The Labute approximate surface area is 150 Å². The zero-order chi connectivity index (χ0) is 18.7. The average Bonchev–Trinajstić information content (AvgIpc) is 2.62. The van der Waals surface area contributed by atoms with E-state index in [4.69, 9.17) is 5.73 Å². The molecule has 4 nitrogen and oxygen atoms in total. The van der Waals surface area contributed by atoms with Gasteiger partial charge in [-0.1, -0.05) is 30.3 Å². The van der Waals surface area contributed by atoms with Crippen molar-refractivity contribution in [3.63, 3.8) is 0 Å². The average molecular weight is 363 g/mol. The lowest BCUT2D eigenvalue weighted by Crippen LogP contribution is -2.50. The van der Waals surface area contributed by atoms with Gasteiger partial charge in [-0.3, -0.25) is 9.69 Å². The summed E-state index contributed by atoms with van der Waals surface area (Å²) in [7, 11) is 0. The van der Waals surface area contributed by atoms with Gasteiger partial charge >= 0.3 is 6.18 Å². The predicted molar refractivity (Wildman–Crippen MR) is 93.6 cm³/mol. The number of benzene rings is 2. The minimum Gasteiger partial charge on any atom is -0.369 e. The molecule has 1 atom stereocenters. The Balaban J connectivity index is 1.67. The molecule has 0 aromatic heterocycles. The molecule has 1 aliphatic heterocycles. The van der Waals surface area contributed by atoms with Crippen LogP contribution in [-0.2, 0) is 11.0 Å². The molecule has 2 N–H and O–H groups in total. The molecule has 1 fully saturated rings. The summed E-state index contributed by atoms with van der Waals surface area (Å²) in [6.07, 6.45) is -4.33. The summed E-state index contributed by atoms with van der Waals surface area (Å²) in [5.41, 5.74) is 6.54. The second kappa shape index (κ2) is 7.37. The Hall–Kier alpha value is -2.54. The summed E-state index contributed by atoms with van der Waals surface area (Å²) < 4.78 is 38.0. The number of hydrogen-bond donors (Lipinski definition) is 1. The van der Waals surface area contributed by atoms with Crippen molar-refractivity contribution >= 4 is 11.6 Å². The van der Waals surface area contributed by atoms with Crippen molar-refractivity contribution in [2.24, 2.45) is 5.73 Å². The summed E-state index contributed by atoms with van der Waals surface area (Å²) in [4.78, 5) is 16.0. The van der Waals surface area contributed by atoms with Crippen LogP contribution in [-0.4, -0.2) is 37.0 Å². The highest BCUT2D eigenvalue weighted by atomic mass is 19.4. The van der Waals surface area contributed by atoms with Crippen molar-refractivity contribution in [1.82, 2.24) is 4.90 Å². The third kappa shape index (κ3) is 3.99. The normalized spacial score (nSPS) is 17.1. The maximum atomic E-state index is 12.7. The number of carbonyl (C=O) groups excluding carboxylic acids is 1. The van der Waals surface area contributed by atoms with Crippen LogP contribution < -0.4 is 10.6 Å². The molecular weight excluding hydrogens is 343 g/mol. The van der Waals surface area contributed by atoms with E-state index < -0.39 is 23.7 Å². The molecule has 0 spiro atoms. The van der Waals surface area contributed by atoms with Gasteiger partial charge in [0.25, 0.3) is 0 Å². The Bertz CT molecular complexity index is 739. The zero-order valence-electron chi connectivity index (χ0n) is 14.1. The van der Waals surface area contributed by atoms with Crippen LogP contribution in [0.25, 0.3) is 0 Å². The third-order valence-corrected chi connectivity index (χ3v) is 4.62. The molecule has 1 aliphatic rings. The lowest BCUT2D eigenvalue weighted by atomic mass is 10.0. The molecule has 2 aromatic carbocycles. The highest BCUT2D eigenvalue weighted by Crippen LogP contribution is 2.31. The maximum Gasteiger partial charge on any atom is 0.416 e. The largest absolute Gasteiger partial charge is 0.416 e. The van der Waals surface area contributed by atoms with Crippen LogP contribution in [0.5, 0.6) is 0 Å². The van der Waals surface area contributed by atoms with Crippen LogP contribution in [0.1, 0.15) is 17.2 Å². The minimum absolute atomic E-state index is 0.404. The molecule has 1 amide bonds. The maximum absolute atomic E-state index is 12.7. The van der Waals surface area contributed by atoms with Crippen molar-refractivity contribution in [3.8, 4) is 0 Å². The molecule has 26 heavy (non-hydrogen) atoms. The van der Waals surface area contributed by atoms with Crippen molar-refractivity contribution in [3.05, 3.63) is 65.7 Å². The Morgan fingerprint density at radius 1 is 0.923 bits per heavy atom. The SMILES string of the molecule is NC(=O)C(c1ccccc1)N1CCN(c2ccc(C(F)(F)F)cc2)CC1. The van der Waals surface area contributed by atoms with Gasteiger partial charge in [-0.15, -0.1) is 0 Å². The van der Waals surface area contributed by atoms with E-state index in [1.165, 1.54) is 12.1 Å². The van der Waals surface area contributed by atoms with Crippen LogP contribution in [0, 0.1) is 0 Å². The molecule has 1 heterocycles. The fraction of sp³-hybridized carbons (Fsp3) is 0.316. The van der Waals surface area contributed by atoms with Gasteiger partial charge in [-0.05, 0) is 29.8 Å². The fourth-order valence-corrected chi connectivity index (χ4v) is 3.29. The molecule has 3 rings (SSSR count). The first-order chi connectivity index (χ1) is 12.4. The number of carbonyl (C=O) groups is 1. The van der Waals surface area contributed by atoms with Crippen molar-refractivity contribution in [1.29, 1.82) is 0 Å². The number of alkyl halides is 3. The summed E-state index contributed by atoms with van der Waals surface area (Å²) in [6.45, 7) is 2.43. The van der Waals surface area contributed by atoms with Crippen molar-refractivity contribution in [2.75, 3.05) is 31.1 Å². The topological polar surface area (TPSA) is 49.6 Å². The molecule has 0 radical (unpaired) electrons. The molecule has 0 saturated carbocycles. The molecular formula is C19H20F3N3O. The van der Waals surface area contributed by atoms with E-state index in [2.05, 4.69) is 0 Å². The monoisotopic (exact) mass is 363 g/mol. The number of nitrogens with two attached hydrogens (primary N) is 1. The molecule has 2 aromatic rings. The summed E-state index contributed by atoms with van der Waals surface area (Å²) in [6, 6.07) is 14.0. The van der Waals surface area contributed by atoms with E-state index in [0.717, 1.165) is 23.4 Å². The predicted octanol–water partition coefficient (Wildman–Crippen LogP) is 3.05. The second-order valence-corrected chi connectivity index (χ2v) is 6.28. The van der Waals surface area contributed by atoms with E-state index >= 15 is 0 Å². The van der Waals surface area contributed by atoms with Gasteiger partial charge < -0.3 is 10.6 Å². The number of anilines is 1. The van der Waals surface area contributed by atoms with Crippen LogP contribution in [0.3, 0.4) is 0 Å². The lowest BCUT2D eigenvalue weighted by Gasteiger charge is -2.39.